The van der Waals surface area contributed by atoms with E-state index in [9.17, 15) is 0 Å². The molecule has 0 spiro atoms. The second kappa shape index (κ2) is 4.47. The largest absolute Gasteiger partial charge is 0.315 e. The summed E-state index contributed by atoms with van der Waals surface area (Å²) in [4.78, 5) is 0. The Bertz CT molecular complexity index is 223. The predicted octanol–water partition coefficient (Wildman–Crippen LogP) is 3.32. The van der Waals surface area contributed by atoms with Crippen LogP contribution in [0.5, 0.6) is 0 Å². The van der Waals surface area contributed by atoms with Gasteiger partial charge in [-0.25, -0.2) is 0 Å². The van der Waals surface area contributed by atoms with E-state index in [-0.39, 0.29) is 5.54 Å². The molecule has 0 N–H and O–H groups in total. The summed E-state index contributed by atoms with van der Waals surface area (Å²) in [6.07, 6.45) is 0. The molecule has 0 unspecified atom stereocenters. The van der Waals surface area contributed by atoms with Gasteiger partial charge in [-0.1, -0.05) is 0 Å². The molecule has 1 heterocycles. The van der Waals surface area contributed by atoms with Crippen LogP contribution in [-0.2, 0) is 20.9 Å². The first kappa shape index (κ1) is 12.4. The molecule has 0 radical (unpaired) electrons. The molecule has 0 aromatic rings. The molecule has 0 aromatic carbocycles. The van der Waals surface area contributed by atoms with Gasteiger partial charge >= 0.3 is 0 Å². The van der Waals surface area contributed by atoms with E-state index in [1.807, 2.05) is 4.08 Å². The molecule has 0 aromatic heterocycles. The number of halogens is 1. The Hall–Kier alpha value is 1.36. The first-order valence-corrected chi connectivity index (χ1v) is 9.09. The van der Waals surface area contributed by atoms with Crippen LogP contribution in [0.25, 0.3) is 0 Å². The van der Waals surface area contributed by atoms with Gasteiger partial charge in [-0.3, -0.25) is 0 Å². The fraction of sp³-hybridized carbons (Fsp3) is 1.00. The molecular weight excluding hydrogens is 293 g/mol. The highest BCUT2D eigenvalue weighted by atomic mass is 79.9. The lowest BCUT2D eigenvalue weighted by atomic mass is 10.1. The Morgan fingerprint density at radius 1 is 1.38 bits per heavy atom. The molecular formula is C6H13BrNO2PS2. The Labute approximate surface area is 96.1 Å². The highest BCUT2D eigenvalue weighted by Gasteiger charge is 2.39. The van der Waals surface area contributed by atoms with Crippen molar-refractivity contribution < 1.29 is 9.05 Å². The Morgan fingerprint density at radius 3 is 2.15 bits per heavy atom. The zero-order chi connectivity index (χ0) is 10.1. The average Bonchev–Trinajstić information content (AvgIpc) is 2.34. The summed E-state index contributed by atoms with van der Waals surface area (Å²) in [5.41, 5.74) is -0.0615. The SMILES string of the molecule is CC(C)(C)N(SBr)P1(=S)OCCO1. The lowest BCUT2D eigenvalue weighted by molar-refractivity contribution is 0.318. The fourth-order valence-corrected chi connectivity index (χ4v) is 8.47. The fourth-order valence-electron chi connectivity index (χ4n) is 0.956. The van der Waals surface area contributed by atoms with Crippen molar-refractivity contribution in [2.45, 2.75) is 26.3 Å². The molecule has 78 valence electrons. The number of rotatable bonds is 2. The van der Waals surface area contributed by atoms with Crippen molar-refractivity contribution >= 4 is 43.6 Å². The van der Waals surface area contributed by atoms with Crippen LogP contribution in [0.4, 0.5) is 0 Å². The lowest BCUT2D eigenvalue weighted by Crippen LogP contribution is -2.32. The van der Waals surface area contributed by atoms with E-state index in [4.69, 9.17) is 20.9 Å². The van der Waals surface area contributed by atoms with Gasteiger partial charge in [0.1, 0.15) is 0 Å². The average molecular weight is 306 g/mol. The summed E-state index contributed by atoms with van der Waals surface area (Å²) in [5.74, 6) is 0. The van der Waals surface area contributed by atoms with Crippen LogP contribution in [0, 0.1) is 0 Å². The monoisotopic (exact) mass is 305 g/mol. The Morgan fingerprint density at radius 2 is 1.85 bits per heavy atom. The summed E-state index contributed by atoms with van der Waals surface area (Å²) < 4.78 is 13.0. The van der Waals surface area contributed by atoms with Crippen molar-refractivity contribution in [1.29, 1.82) is 0 Å². The Balaban J connectivity index is 2.82. The molecule has 1 aliphatic heterocycles. The standard InChI is InChI=1S/C6H13BrNO2PS2/c1-6(2,3)8(13-7)11(12)9-4-5-10-11/h4-5H2,1-3H3. The molecule has 0 aliphatic carbocycles. The maximum Gasteiger partial charge on any atom is 0.275 e. The van der Waals surface area contributed by atoms with Crippen molar-refractivity contribution in [3.05, 3.63) is 0 Å². The van der Waals surface area contributed by atoms with Crippen LogP contribution < -0.4 is 0 Å². The minimum absolute atomic E-state index is 0.0615. The van der Waals surface area contributed by atoms with Crippen LogP contribution in [0.15, 0.2) is 0 Å². The third-order valence-electron chi connectivity index (χ3n) is 1.45. The van der Waals surface area contributed by atoms with Crippen LogP contribution in [0.3, 0.4) is 0 Å². The maximum absolute atomic E-state index is 5.50. The molecule has 0 saturated carbocycles. The third-order valence-corrected chi connectivity index (χ3v) is 8.06. The molecule has 13 heavy (non-hydrogen) atoms. The molecule has 1 rings (SSSR count). The summed E-state index contributed by atoms with van der Waals surface area (Å²) in [7, 11) is 1.41. The zero-order valence-electron chi connectivity index (χ0n) is 7.82. The molecule has 7 heteroatoms. The van der Waals surface area contributed by atoms with Crippen LogP contribution in [-0.4, -0.2) is 22.8 Å². The van der Waals surface area contributed by atoms with Gasteiger partial charge in [0.15, 0.2) is 0 Å². The highest BCUT2D eigenvalue weighted by molar-refractivity contribution is 9.50. The molecule has 0 bridgehead atoms. The molecule has 1 aliphatic rings. The summed E-state index contributed by atoms with van der Waals surface area (Å²) in [5, 5.41) is 0. The summed E-state index contributed by atoms with van der Waals surface area (Å²) >= 11 is 8.72. The number of nitrogens with zero attached hydrogens (tertiary/aromatic N) is 1. The van der Waals surface area contributed by atoms with E-state index in [2.05, 4.69) is 35.6 Å². The van der Waals surface area contributed by atoms with E-state index < -0.39 is 6.64 Å². The summed E-state index contributed by atoms with van der Waals surface area (Å²) in [6.45, 7) is 5.25. The molecule has 0 atom stereocenters. The van der Waals surface area contributed by atoms with E-state index >= 15 is 0 Å². The van der Waals surface area contributed by atoms with Crippen molar-refractivity contribution in [2.75, 3.05) is 13.2 Å². The van der Waals surface area contributed by atoms with Gasteiger partial charge in [0.2, 0.25) is 0 Å². The highest BCUT2D eigenvalue weighted by Crippen LogP contribution is 2.62. The van der Waals surface area contributed by atoms with Crippen molar-refractivity contribution in [3.63, 3.8) is 0 Å². The predicted molar refractivity (Wildman–Crippen MR) is 64.3 cm³/mol. The van der Waals surface area contributed by atoms with Gasteiger partial charge in [-0.2, -0.15) is 4.08 Å². The molecule has 1 fully saturated rings. The van der Waals surface area contributed by atoms with Crippen LogP contribution in [0.2, 0.25) is 0 Å². The lowest BCUT2D eigenvalue weighted by Gasteiger charge is -2.36. The minimum atomic E-state index is -2.22. The van der Waals surface area contributed by atoms with E-state index in [1.165, 1.54) is 10.4 Å². The van der Waals surface area contributed by atoms with Crippen molar-refractivity contribution in [1.82, 2.24) is 4.08 Å². The number of hydrogen-bond donors (Lipinski definition) is 0. The number of hydrogen-bond acceptors (Lipinski definition) is 4. The maximum atomic E-state index is 5.50. The Kier molecular flexibility index (Phi) is 4.28. The van der Waals surface area contributed by atoms with Gasteiger partial charge in [0.25, 0.3) is 6.64 Å². The van der Waals surface area contributed by atoms with E-state index in [0.29, 0.717) is 13.2 Å². The summed E-state index contributed by atoms with van der Waals surface area (Å²) in [6, 6.07) is 0. The smallest absolute Gasteiger partial charge is 0.275 e. The zero-order valence-corrected chi connectivity index (χ0v) is 11.9. The second-order valence-corrected chi connectivity index (χ2v) is 8.53. The normalized spacial score (nSPS) is 22.5. The van der Waals surface area contributed by atoms with E-state index in [1.54, 1.807) is 0 Å². The molecule has 0 amide bonds. The third kappa shape index (κ3) is 2.91. The van der Waals surface area contributed by atoms with Gasteiger partial charge in [-0.05, 0) is 32.6 Å². The van der Waals surface area contributed by atoms with Gasteiger partial charge in [0.05, 0.1) is 13.2 Å². The second-order valence-electron chi connectivity index (χ2n) is 3.65. The van der Waals surface area contributed by atoms with Gasteiger partial charge in [-0.15, -0.1) is 0 Å². The molecule has 3 nitrogen and oxygen atoms in total. The topological polar surface area (TPSA) is 21.7 Å². The molecule has 1 saturated heterocycles. The van der Waals surface area contributed by atoms with E-state index in [0.717, 1.165) is 0 Å². The van der Waals surface area contributed by atoms with Crippen molar-refractivity contribution in [3.8, 4) is 0 Å². The first-order valence-electron chi connectivity index (χ1n) is 3.89. The van der Waals surface area contributed by atoms with Crippen LogP contribution >= 0.6 is 31.8 Å². The quantitative estimate of drug-likeness (QED) is 0.575. The van der Waals surface area contributed by atoms with Crippen LogP contribution in [0.1, 0.15) is 20.8 Å². The first-order chi connectivity index (χ1) is 5.90. The minimum Gasteiger partial charge on any atom is -0.315 e. The van der Waals surface area contributed by atoms with Gasteiger partial charge in [0, 0.05) is 30.7 Å². The van der Waals surface area contributed by atoms with Gasteiger partial charge < -0.3 is 9.05 Å². The van der Waals surface area contributed by atoms with Crippen molar-refractivity contribution in [2.24, 2.45) is 0 Å².